The molecule has 0 atom stereocenters. The summed E-state index contributed by atoms with van der Waals surface area (Å²) in [5.41, 5.74) is 6.97. The van der Waals surface area contributed by atoms with Crippen molar-refractivity contribution >= 4 is 40.4 Å². The maximum Gasteiger partial charge on any atom is 0.260 e. The minimum absolute atomic E-state index is 0.0420. The van der Waals surface area contributed by atoms with Crippen LogP contribution < -0.4 is 11.1 Å². The summed E-state index contributed by atoms with van der Waals surface area (Å²) < 4.78 is 4.86. The van der Waals surface area contributed by atoms with E-state index in [-0.39, 0.29) is 21.7 Å². The number of rotatable bonds is 3. The van der Waals surface area contributed by atoms with Crippen molar-refractivity contribution in [2.75, 3.05) is 5.32 Å². The van der Waals surface area contributed by atoms with Crippen LogP contribution in [0, 0.1) is 0 Å². The summed E-state index contributed by atoms with van der Waals surface area (Å²) >= 11 is 10.6. The van der Waals surface area contributed by atoms with E-state index in [9.17, 15) is 4.79 Å². The van der Waals surface area contributed by atoms with E-state index in [1.807, 2.05) is 0 Å². The summed E-state index contributed by atoms with van der Waals surface area (Å²) in [6.07, 6.45) is 1.34. The molecule has 0 fully saturated rings. The van der Waals surface area contributed by atoms with Gasteiger partial charge in [-0.15, -0.1) is 0 Å². The monoisotopic (exact) mass is 280 g/mol. The summed E-state index contributed by atoms with van der Waals surface area (Å²) in [6.45, 7) is 0. The first-order valence-corrected chi connectivity index (χ1v) is 5.81. The zero-order valence-electron chi connectivity index (χ0n) is 9.14. The summed E-state index contributed by atoms with van der Waals surface area (Å²) in [4.78, 5) is 12.1. The highest BCUT2D eigenvalue weighted by atomic mass is 35.5. The maximum absolute atomic E-state index is 11.9. The molecule has 18 heavy (non-hydrogen) atoms. The molecule has 0 unspecified atom stereocenters. The summed E-state index contributed by atoms with van der Waals surface area (Å²) in [5.74, 6) is -0.377. The van der Waals surface area contributed by atoms with Gasteiger partial charge in [-0.25, -0.2) is 0 Å². The highest BCUT2D eigenvalue weighted by molar-refractivity contribution is 7.80. The van der Waals surface area contributed by atoms with E-state index in [4.69, 9.17) is 34.0 Å². The van der Waals surface area contributed by atoms with Crippen LogP contribution in [-0.2, 0) is 0 Å². The van der Waals surface area contributed by atoms with Gasteiger partial charge in [-0.05, 0) is 29.8 Å². The molecule has 0 aliphatic carbocycles. The second-order valence-corrected chi connectivity index (χ2v) is 4.26. The smallest absolute Gasteiger partial charge is 0.260 e. The fourth-order valence-corrected chi connectivity index (χ4v) is 1.83. The number of furan rings is 1. The molecule has 3 N–H and O–H groups in total. The predicted octanol–water partition coefficient (Wildman–Crippen LogP) is 2.82. The van der Waals surface area contributed by atoms with E-state index < -0.39 is 0 Å². The Bertz CT molecular complexity index is 610. The fraction of sp³-hybridized carbons (Fsp3) is 0. The van der Waals surface area contributed by atoms with Crippen molar-refractivity contribution in [3.05, 3.63) is 52.9 Å². The van der Waals surface area contributed by atoms with Gasteiger partial charge in [-0.2, -0.15) is 0 Å². The number of amides is 1. The van der Waals surface area contributed by atoms with Gasteiger partial charge < -0.3 is 15.5 Å². The van der Waals surface area contributed by atoms with Gasteiger partial charge in [0.05, 0.1) is 17.5 Å². The summed E-state index contributed by atoms with van der Waals surface area (Å²) in [6, 6.07) is 8.49. The summed E-state index contributed by atoms with van der Waals surface area (Å²) in [7, 11) is 0. The number of carbonyl (C=O) groups is 1. The third-order valence-corrected chi connectivity index (χ3v) is 2.82. The molecule has 2 rings (SSSR count). The Kier molecular flexibility index (Phi) is 3.64. The van der Waals surface area contributed by atoms with Crippen LogP contribution in [0.3, 0.4) is 0 Å². The van der Waals surface area contributed by atoms with Crippen LogP contribution in [0.15, 0.2) is 41.0 Å². The molecule has 0 radical (unpaired) electrons. The highest BCUT2D eigenvalue weighted by Gasteiger charge is 2.14. The number of hydrogen-bond acceptors (Lipinski definition) is 3. The van der Waals surface area contributed by atoms with Crippen LogP contribution in [0.5, 0.6) is 0 Å². The molecule has 4 nitrogen and oxygen atoms in total. The van der Waals surface area contributed by atoms with Crippen LogP contribution in [0.25, 0.3) is 0 Å². The van der Waals surface area contributed by atoms with Crippen molar-refractivity contribution in [3.8, 4) is 0 Å². The van der Waals surface area contributed by atoms with Crippen molar-refractivity contribution < 1.29 is 9.21 Å². The minimum atomic E-state index is -0.377. The number of nitrogens with one attached hydrogen (secondary N) is 1. The van der Waals surface area contributed by atoms with E-state index >= 15 is 0 Å². The molecule has 1 aromatic heterocycles. The molecule has 0 aliphatic heterocycles. The van der Waals surface area contributed by atoms with Gasteiger partial charge in [0.1, 0.15) is 4.99 Å². The first kappa shape index (κ1) is 12.6. The van der Waals surface area contributed by atoms with E-state index in [1.54, 1.807) is 24.3 Å². The Morgan fingerprint density at radius 2 is 2.00 bits per heavy atom. The molecule has 6 heteroatoms. The number of para-hydroxylation sites is 1. The number of nitrogens with two attached hydrogens (primary N) is 1. The summed E-state index contributed by atoms with van der Waals surface area (Å²) in [5, 5.41) is 2.73. The normalized spacial score (nSPS) is 10.1. The van der Waals surface area contributed by atoms with Crippen molar-refractivity contribution in [1.29, 1.82) is 0 Å². The van der Waals surface area contributed by atoms with Crippen LogP contribution >= 0.6 is 23.8 Å². The second-order valence-electron chi connectivity index (χ2n) is 3.47. The van der Waals surface area contributed by atoms with Gasteiger partial charge in [0.25, 0.3) is 5.91 Å². The standard InChI is InChI=1S/C12H9ClN2O2S/c13-10-8(5-6-17-10)12(16)15-9-4-2-1-3-7(9)11(14)18/h1-6H,(H2,14,18)(H,15,16). The Labute approximate surface area is 114 Å². The molecule has 92 valence electrons. The molecule has 1 amide bonds. The van der Waals surface area contributed by atoms with Gasteiger partial charge >= 0.3 is 0 Å². The van der Waals surface area contributed by atoms with Crippen molar-refractivity contribution in [2.45, 2.75) is 0 Å². The van der Waals surface area contributed by atoms with E-state index in [1.165, 1.54) is 12.3 Å². The molecule has 0 saturated carbocycles. The van der Waals surface area contributed by atoms with Crippen LogP contribution in [0.1, 0.15) is 15.9 Å². The third kappa shape index (κ3) is 2.52. The van der Waals surface area contributed by atoms with Crippen LogP contribution in [0.4, 0.5) is 5.69 Å². The van der Waals surface area contributed by atoms with Gasteiger partial charge in [-0.1, -0.05) is 24.4 Å². The van der Waals surface area contributed by atoms with E-state index in [0.717, 1.165) is 0 Å². The van der Waals surface area contributed by atoms with Gasteiger partial charge in [0.15, 0.2) is 0 Å². The number of thiocarbonyl (C=S) groups is 1. The lowest BCUT2D eigenvalue weighted by molar-refractivity contribution is 0.102. The average Bonchev–Trinajstić information content (AvgIpc) is 2.76. The molecule has 1 aromatic carbocycles. The molecule has 0 aliphatic rings. The molecule has 1 heterocycles. The maximum atomic E-state index is 11.9. The van der Waals surface area contributed by atoms with Crippen LogP contribution in [0.2, 0.25) is 5.22 Å². The molecular weight excluding hydrogens is 272 g/mol. The third-order valence-electron chi connectivity index (χ3n) is 2.30. The van der Waals surface area contributed by atoms with Gasteiger partial charge in [0, 0.05) is 5.56 Å². The quantitative estimate of drug-likeness (QED) is 0.849. The lowest BCUT2D eigenvalue weighted by Crippen LogP contribution is -2.17. The first-order chi connectivity index (χ1) is 8.59. The topological polar surface area (TPSA) is 68.3 Å². The van der Waals surface area contributed by atoms with Crippen LogP contribution in [-0.4, -0.2) is 10.9 Å². The molecule has 0 saturated heterocycles. The lowest BCUT2D eigenvalue weighted by atomic mass is 10.1. The second kappa shape index (κ2) is 5.20. The molecular formula is C12H9ClN2O2S. The number of hydrogen-bond donors (Lipinski definition) is 2. The number of carbonyl (C=O) groups excluding carboxylic acids is 1. The Balaban J connectivity index is 2.28. The molecule has 0 spiro atoms. The largest absolute Gasteiger partial charge is 0.452 e. The Morgan fingerprint density at radius 3 is 2.61 bits per heavy atom. The van der Waals surface area contributed by atoms with Gasteiger partial charge in [-0.3, -0.25) is 4.79 Å². The number of anilines is 1. The molecule has 0 bridgehead atoms. The number of halogens is 1. The minimum Gasteiger partial charge on any atom is -0.452 e. The lowest BCUT2D eigenvalue weighted by Gasteiger charge is -2.09. The van der Waals surface area contributed by atoms with E-state index in [2.05, 4.69) is 5.32 Å². The van der Waals surface area contributed by atoms with Crippen molar-refractivity contribution in [2.24, 2.45) is 5.73 Å². The SMILES string of the molecule is NC(=S)c1ccccc1NC(=O)c1ccoc1Cl. The number of benzene rings is 1. The van der Waals surface area contributed by atoms with Gasteiger partial charge in [0.2, 0.25) is 5.22 Å². The van der Waals surface area contributed by atoms with E-state index in [0.29, 0.717) is 11.3 Å². The van der Waals surface area contributed by atoms with Crippen molar-refractivity contribution in [3.63, 3.8) is 0 Å². The Hall–Kier alpha value is -1.85. The Morgan fingerprint density at radius 1 is 1.28 bits per heavy atom. The predicted molar refractivity (Wildman–Crippen MR) is 74.0 cm³/mol. The highest BCUT2D eigenvalue weighted by Crippen LogP contribution is 2.20. The first-order valence-electron chi connectivity index (χ1n) is 5.03. The zero-order chi connectivity index (χ0) is 13.1. The fourth-order valence-electron chi connectivity index (χ4n) is 1.45. The molecule has 2 aromatic rings. The average molecular weight is 281 g/mol. The van der Waals surface area contributed by atoms with Crippen molar-refractivity contribution in [1.82, 2.24) is 0 Å². The zero-order valence-corrected chi connectivity index (χ0v) is 10.7.